The fraction of sp³-hybridized carbons (Fsp3) is 0.900. The largest absolute Gasteiger partial charge is 0.461 e. The molecular weight excluding hydrogens is 424 g/mol. The molecule has 190 valence electrons. The van der Waals surface area contributed by atoms with Gasteiger partial charge < -0.3 is 14.9 Å². The molecule has 5 fully saturated rings. The average Bonchev–Trinajstić information content (AvgIpc) is 3.01. The molecule has 0 aromatic carbocycles. The second kappa shape index (κ2) is 6.52. The molecule has 0 unspecified atom stereocenters. The summed E-state index contributed by atoms with van der Waals surface area (Å²) in [5.74, 6) is 1.35. The van der Waals surface area contributed by atoms with Gasteiger partial charge in [-0.2, -0.15) is 0 Å². The molecule has 1 aliphatic heterocycles. The van der Waals surface area contributed by atoms with Gasteiger partial charge in [-0.1, -0.05) is 53.2 Å². The number of hydrogen-bond donors (Lipinski definition) is 2. The van der Waals surface area contributed by atoms with Gasteiger partial charge >= 0.3 is 5.97 Å². The summed E-state index contributed by atoms with van der Waals surface area (Å²) in [5, 5.41) is 21.9. The molecule has 11 atom stereocenters. The van der Waals surface area contributed by atoms with E-state index in [1.54, 1.807) is 5.57 Å². The first kappa shape index (κ1) is 23.5. The molecule has 1 saturated heterocycles. The van der Waals surface area contributed by atoms with Crippen molar-refractivity contribution < 1.29 is 19.7 Å². The molecule has 4 saturated carbocycles. The van der Waals surface area contributed by atoms with E-state index >= 15 is 0 Å². The predicted molar refractivity (Wildman–Crippen MR) is 132 cm³/mol. The number of aliphatic hydroxyl groups excluding tert-OH is 2. The summed E-state index contributed by atoms with van der Waals surface area (Å²) in [4.78, 5) is 12.8. The quantitative estimate of drug-likeness (QED) is 0.354. The van der Waals surface area contributed by atoms with Gasteiger partial charge in [-0.25, -0.2) is 0 Å². The van der Waals surface area contributed by atoms with Crippen molar-refractivity contribution >= 4 is 5.97 Å². The molecule has 5 aliphatic carbocycles. The third-order valence-electron chi connectivity index (χ3n) is 13.6. The molecule has 0 aromatic rings. The van der Waals surface area contributed by atoms with Crippen molar-refractivity contribution in [3.8, 4) is 0 Å². The molecular formula is C30H46O4. The van der Waals surface area contributed by atoms with Gasteiger partial charge in [0.15, 0.2) is 0 Å². The van der Waals surface area contributed by atoms with Crippen LogP contribution in [0.15, 0.2) is 11.6 Å². The van der Waals surface area contributed by atoms with Gasteiger partial charge in [-0.3, -0.25) is 4.79 Å². The van der Waals surface area contributed by atoms with Gasteiger partial charge in [-0.05, 0) is 91.3 Å². The highest BCUT2D eigenvalue weighted by Gasteiger charge is 2.71. The zero-order valence-corrected chi connectivity index (χ0v) is 22.4. The Labute approximate surface area is 205 Å². The molecule has 0 aromatic heterocycles. The second-order valence-electron chi connectivity index (χ2n) is 15.3. The molecule has 2 N–H and O–H groups in total. The van der Waals surface area contributed by atoms with E-state index in [4.69, 9.17) is 4.74 Å². The van der Waals surface area contributed by atoms with Crippen LogP contribution in [-0.4, -0.2) is 34.5 Å². The van der Waals surface area contributed by atoms with Crippen LogP contribution in [0.4, 0.5) is 0 Å². The smallest absolute Gasteiger partial charge is 0.312 e. The summed E-state index contributed by atoms with van der Waals surface area (Å²) in [6.45, 7) is 16.4. The number of hydrogen-bond acceptors (Lipinski definition) is 4. The Kier molecular flexibility index (Phi) is 4.51. The van der Waals surface area contributed by atoms with Crippen LogP contribution in [0.3, 0.4) is 0 Å². The Hall–Kier alpha value is -0.870. The van der Waals surface area contributed by atoms with Crippen molar-refractivity contribution in [2.24, 2.45) is 50.2 Å². The van der Waals surface area contributed by atoms with Crippen LogP contribution in [0.2, 0.25) is 0 Å². The van der Waals surface area contributed by atoms with Crippen LogP contribution in [0.25, 0.3) is 0 Å². The third-order valence-corrected chi connectivity index (χ3v) is 13.6. The zero-order valence-electron chi connectivity index (χ0n) is 22.4. The average molecular weight is 471 g/mol. The molecule has 1 heterocycles. The van der Waals surface area contributed by atoms with Crippen LogP contribution >= 0.6 is 0 Å². The van der Waals surface area contributed by atoms with E-state index in [-0.39, 0.29) is 44.6 Å². The first-order valence-corrected chi connectivity index (χ1v) is 13.9. The lowest BCUT2D eigenvalue weighted by Gasteiger charge is -2.71. The molecule has 6 aliphatic rings. The SMILES string of the molecule is CC1(C)[C@@H](O)[C@H](O)C[C@]2(C)[C@H]3CC=C4[C@@H]5C[C@@]6(C)C[C@H](OC6=O)[C@]5(C)CC[C@@]4(C)[C@]3(C)CC[C@@H]12. The highest BCUT2D eigenvalue weighted by molar-refractivity contribution is 5.79. The predicted octanol–water partition coefficient (Wildman–Crippen LogP) is 5.66. The van der Waals surface area contributed by atoms with Crippen molar-refractivity contribution in [3.05, 3.63) is 11.6 Å². The lowest BCUT2D eigenvalue weighted by Crippen LogP contribution is -2.67. The highest BCUT2D eigenvalue weighted by Crippen LogP contribution is 2.76. The number of esters is 1. The van der Waals surface area contributed by atoms with Crippen LogP contribution in [0.1, 0.15) is 99.8 Å². The standard InChI is InChI=1S/C30H46O4/c1-25(2)20-10-11-30(7)21(28(20,5)15-19(31)23(25)32)9-8-17-18-14-26(3)16-22(34-24(26)33)27(18,4)12-13-29(17,30)6/h8,18-23,31-32H,9-16H2,1-7H3/t18-,19+,20-,21+,22-,23-,26-,27+,28-,29+,30+/m0/s1. The van der Waals surface area contributed by atoms with Gasteiger partial charge in [0.25, 0.3) is 0 Å². The summed E-state index contributed by atoms with van der Waals surface area (Å²) in [6.07, 6.45) is 9.49. The van der Waals surface area contributed by atoms with Gasteiger partial charge in [-0.15, -0.1) is 0 Å². The monoisotopic (exact) mass is 470 g/mol. The van der Waals surface area contributed by atoms with E-state index in [1.165, 1.54) is 6.42 Å². The number of carbonyl (C=O) groups is 1. The maximum absolute atomic E-state index is 12.8. The van der Waals surface area contributed by atoms with E-state index in [9.17, 15) is 15.0 Å². The fourth-order valence-electron chi connectivity index (χ4n) is 11.2. The minimum atomic E-state index is -0.650. The number of fused-ring (bicyclic) bond motifs is 10. The number of allylic oxidation sites excluding steroid dienone is 2. The Morgan fingerprint density at radius 3 is 2.29 bits per heavy atom. The van der Waals surface area contributed by atoms with Crippen LogP contribution in [-0.2, 0) is 9.53 Å². The Balaban J connectivity index is 1.44. The minimum Gasteiger partial charge on any atom is -0.461 e. The molecule has 4 nitrogen and oxygen atoms in total. The van der Waals surface area contributed by atoms with Crippen LogP contribution in [0, 0.1) is 50.2 Å². The van der Waals surface area contributed by atoms with Crippen molar-refractivity contribution in [2.75, 3.05) is 0 Å². The molecule has 6 rings (SSSR count). The van der Waals surface area contributed by atoms with Crippen LogP contribution in [0.5, 0.6) is 0 Å². The van der Waals surface area contributed by atoms with E-state index in [2.05, 4.69) is 54.5 Å². The van der Waals surface area contributed by atoms with Crippen molar-refractivity contribution in [1.82, 2.24) is 0 Å². The number of rotatable bonds is 0. The first-order chi connectivity index (χ1) is 15.6. The van der Waals surface area contributed by atoms with Gasteiger partial charge in [0.2, 0.25) is 0 Å². The first-order valence-electron chi connectivity index (χ1n) is 13.9. The van der Waals surface area contributed by atoms with Crippen LogP contribution < -0.4 is 0 Å². The number of aliphatic hydroxyl groups is 2. The van der Waals surface area contributed by atoms with E-state index in [0.717, 1.165) is 38.5 Å². The molecule has 0 spiro atoms. The van der Waals surface area contributed by atoms with Crippen molar-refractivity contribution in [2.45, 2.75) is 118 Å². The van der Waals surface area contributed by atoms with E-state index < -0.39 is 12.2 Å². The van der Waals surface area contributed by atoms with E-state index in [0.29, 0.717) is 24.2 Å². The van der Waals surface area contributed by atoms with Gasteiger partial charge in [0.1, 0.15) is 6.10 Å². The molecule has 4 heteroatoms. The molecule has 34 heavy (non-hydrogen) atoms. The maximum atomic E-state index is 12.8. The van der Waals surface area contributed by atoms with Gasteiger partial charge in [0.05, 0.1) is 17.6 Å². The Morgan fingerprint density at radius 2 is 1.59 bits per heavy atom. The fourth-order valence-corrected chi connectivity index (χ4v) is 11.2. The zero-order chi connectivity index (χ0) is 24.7. The minimum absolute atomic E-state index is 0.0115. The summed E-state index contributed by atoms with van der Waals surface area (Å²) in [7, 11) is 0. The molecule has 2 bridgehead atoms. The molecule has 0 radical (unpaired) electrons. The lowest BCUT2D eigenvalue weighted by atomic mass is 9.33. The summed E-state index contributed by atoms with van der Waals surface area (Å²) < 4.78 is 6.02. The second-order valence-corrected chi connectivity index (χ2v) is 15.3. The Bertz CT molecular complexity index is 969. The summed E-state index contributed by atoms with van der Waals surface area (Å²) in [5.41, 5.74) is 1.33. The van der Waals surface area contributed by atoms with Crippen molar-refractivity contribution in [3.63, 3.8) is 0 Å². The molecule has 0 amide bonds. The topological polar surface area (TPSA) is 66.8 Å². The normalized spacial score (nSPS) is 59.7. The van der Waals surface area contributed by atoms with Crippen molar-refractivity contribution in [1.29, 1.82) is 0 Å². The number of ether oxygens (including phenoxy) is 1. The third kappa shape index (κ3) is 2.46. The summed E-state index contributed by atoms with van der Waals surface area (Å²) in [6, 6.07) is 0. The van der Waals surface area contributed by atoms with Gasteiger partial charge in [0, 0.05) is 11.8 Å². The maximum Gasteiger partial charge on any atom is 0.312 e. The highest BCUT2D eigenvalue weighted by atomic mass is 16.6. The van der Waals surface area contributed by atoms with E-state index in [1.807, 2.05) is 0 Å². The lowest BCUT2D eigenvalue weighted by molar-refractivity contribution is -0.231. The Morgan fingerprint density at radius 1 is 0.882 bits per heavy atom. The summed E-state index contributed by atoms with van der Waals surface area (Å²) >= 11 is 0. The number of carbonyl (C=O) groups excluding carboxylic acids is 1.